The average Bonchev–Trinajstić information content (AvgIpc) is 2.65. The van der Waals surface area contributed by atoms with Gasteiger partial charge in [-0.15, -0.1) is 0 Å². The summed E-state index contributed by atoms with van der Waals surface area (Å²) >= 11 is 0. The van der Waals surface area contributed by atoms with Gasteiger partial charge in [-0.2, -0.15) is 5.10 Å². The number of nitrogens with zero attached hydrogens (tertiary/aromatic N) is 2. The standard InChI is InChI=1S/C9H14N2O5S/c1-7(9(12)13)16-4-3-11-6-8(5-10-11)17(2,14)15/h5-7H,3-4H2,1-2H3,(H,12,13). The van der Waals surface area contributed by atoms with Crippen molar-refractivity contribution in [3.05, 3.63) is 12.4 Å². The van der Waals surface area contributed by atoms with Crippen LogP contribution >= 0.6 is 0 Å². The van der Waals surface area contributed by atoms with Crippen LogP contribution in [0.15, 0.2) is 17.3 Å². The van der Waals surface area contributed by atoms with Crippen LogP contribution in [0, 0.1) is 0 Å². The van der Waals surface area contributed by atoms with Gasteiger partial charge in [-0.1, -0.05) is 0 Å². The number of aromatic nitrogens is 2. The summed E-state index contributed by atoms with van der Waals surface area (Å²) in [4.78, 5) is 10.6. The number of hydrogen-bond acceptors (Lipinski definition) is 5. The van der Waals surface area contributed by atoms with E-state index in [4.69, 9.17) is 9.84 Å². The Morgan fingerprint density at radius 3 is 2.76 bits per heavy atom. The average molecular weight is 262 g/mol. The van der Waals surface area contributed by atoms with E-state index < -0.39 is 21.9 Å². The zero-order valence-electron chi connectivity index (χ0n) is 9.53. The molecule has 0 fully saturated rings. The van der Waals surface area contributed by atoms with Gasteiger partial charge in [0.2, 0.25) is 0 Å². The first-order valence-corrected chi connectivity index (χ1v) is 6.77. The molecule has 0 aliphatic heterocycles. The second-order valence-corrected chi connectivity index (χ2v) is 5.58. The maximum atomic E-state index is 11.2. The first-order chi connectivity index (χ1) is 7.80. The van der Waals surface area contributed by atoms with Gasteiger partial charge in [-0.3, -0.25) is 4.68 Å². The molecule has 0 spiro atoms. The van der Waals surface area contributed by atoms with Crippen molar-refractivity contribution in [1.29, 1.82) is 0 Å². The van der Waals surface area contributed by atoms with Crippen molar-refractivity contribution < 1.29 is 23.1 Å². The smallest absolute Gasteiger partial charge is 0.332 e. The Kier molecular flexibility index (Phi) is 4.24. The molecule has 0 amide bonds. The van der Waals surface area contributed by atoms with Crippen molar-refractivity contribution in [2.45, 2.75) is 24.5 Å². The number of carboxylic acids is 1. The lowest BCUT2D eigenvalue weighted by atomic mass is 10.4. The molecule has 96 valence electrons. The van der Waals surface area contributed by atoms with Crippen molar-refractivity contribution in [3.8, 4) is 0 Å². The van der Waals surface area contributed by atoms with Crippen LogP contribution in [0.1, 0.15) is 6.92 Å². The molecule has 1 aromatic rings. The second kappa shape index (κ2) is 5.28. The summed E-state index contributed by atoms with van der Waals surface area (Å²) in [7, 11) is -3.26. The van der Waals surface area contributed by atoms with Crippen molar-refractivity contribution in [3.63, 3.8) is 0 Å². The first kappa shape index (κ1) is 13.7. The van der Waals surface area contributed by atoms with Crippen LogP contribution in [-0.4, -0.2) is 48.2 Å². The summed E-state index contributed by atoms with van der Waals surface area (Å²) in [6.07, 6.45) is 2.83. The molecule has 1 heterocycles. The van der Waals surface area contributed by atoms with E-state index in [0.29, 0.717) is 6.54 Å². The van der Waals surface area contributed by atoms with Crippen molar-refractivity contribution >= 4 is 15.8 Å². The highest BCUT2D eigenvalue weighted by Gasteiger charge is 2.12. The highest BCUT2D eigenvalue weighted by Crippen LogP contribution is 2.06. The molecule has 0 radical (unpaired) electrons. The molecular weight excluding hydrogens is 248 g/mol. The van der Waals surface area contributed by atoms with E-state index in [1.165, 1.54) is 24.0 Å². The Labute approximate surface area is 98.9 Å². The Bertz CT molecular complexity index is 493. The van der Waals surface area contributed by atoms with Crippen LogP contribution in [0.5, 0.6) is 0 Å². The summed E-state index contributed by atoms with van der Waals surface area (Å²) < 4.78 is 28.7. The number of carbonyl (C=O) groups is 1. The van der Waals surface area contributed by atoms with Gasteiger partial charge < -0.3 is 9.84 Å². The molecule has 1 aromatic heterocycles. The number of sulfone groups is 1. The summed E-state index contributed by atoms with van der Waals surface area (Å²) in [5, 5.41) is 12.4. The molecule has 17 heavy (non-hydrogen) atoms. The molecule has 0 saturated heterocycles. The molecule has 7 nitrogen and oxygen atoms in total. The van der Waals surface area contributed by atoms with Crippen molar-refractivity contribution in [2.75, 3.05) is 12.9 Å². The third-order valence-corrected chi connectivity index (χ3v) is 3.14. The minimum absolute atomic E-state index is 0.129. The summed E-state index contributed by atoms with van der Waals surface area (Å²) in [6, 6.07) is 0. The lowest BCUT2D eigenvalue weighted by Crippen LogP contribution is -2.22. The topological polar surface area (TPSA) is 98.5 Å². The van der Waals surface area contributed by atoms with E-state index in [0.717, 1.165) is 6.26 Å². The third-order valence-electron chi connectivity index (χ3n) is 2.07. The number of hydrogen-bond donors (Lipinski definition) is 1. The minimum Gasteiger partial charge on any atom is -0.479 e. The van der Waals surface area contributed by atoms with E-state index in [9.17, 15) is 13.2 Å². The van der Waals surface area contributed by atoms with E-state index in [1.54, 1.807) is 0 Å². The SMILES string of the molecule is CC(OCCn1cc(S(C)(=O)=O)cn1)C(=O)O. The van der Waals surface area contributed by atoms with Gasteiger partial charge in [0.1, 0.15) is 4.90 Å². The number of rotatable bonds is 6. The van der Waals surface area contributed by atoms with E-state index in [2.05, 4.69) is 5.10 Å². The second-order valence-electron chi connectivity index (χ2n) is 3.56. The van der Waals surface area contributed by atoms with Gasteiger partial charge in [-0.05, 0) is 6.92 Å². The van der Waals surface area contributed by atoms with Crippen molar-refractivity contribution in [1.82, 2.24) is 9.78 Å². The van der Waals surface area contributed by atoms with Gasteiger partial charge in [0.15, 0.2) is 15.9 Å². The van der Waals surface area contributed by atoms with Crippen LogP contribution in [0.2, 0.25) is 0 Å². The number of ether oxygens (including phenoxy) is 1. The lowest BCUT2D eigenvalue weighted by Gasteiger charge is -2.07. The third kappa shape index (κ3) is 4.16. The van der Waals surface area contributed by atoms with Gasteiger partial charge in [0, 0.05) is 12.5 Å². The molecule has 1 N–H and O–H groups in total. The van der Waals surface area contributed by atoms with Gasteiger partial charge in [0.25, 0.3) is 0 Å². The highest BCUT2D eigenvalue weighted by atomic mass is 32.2. The first-order valence-electron chi connectivity index (χ1n) is 4.87. The molecule has 1 atom stereocenters. The van der Waals surface area contributed by atoms with Crippen LogP contribution < -0.4 is 0 Å². The van der Waals surface area contributed by atoms with Gasteiger partial charge in [-0.25, -0.2) is 13.2 Å². The maximum absolute atomic E-state index is 11.2. The minimum atomic E-state index is -3.26. The molecule has 0 aliphatic rings. The summed E-state index contributed by atoms with van der Waals surface area (Å²) in [5.74, 6) is -1.04. The van der Waals surface area contributed by atoms with Crippen LogP contribution in [0.4, 0.5) is 0 Å². The number of carboxylic acid groups (broad SMARTS) is 1. The van der Waals surface area contributed by atoms with Crippen molar-refractivity contribution in [2.24, 2.45) is 0 Å². The molecule has 0 saturated carbocycles. The Hall–Kier alpha value is -1.41. The van der Waals surface area contributed by atoms with Crippen LogP contribution in [0.3, 0.4) is 0 Å². The Morgan fingerprint density at radius 1 is 1.65 bits per heavy atom. The zero-order chi connectivity index (χ0) is 13.1. The summed E-state index contributed by atoms with van der Waals surface area (Å²) in [5.41, 5.74) is 0. The number of aliphatic carboxylic acids is 1. The normalized spacial score (nSPS) is 13.5. The molecule has 0 bridgehead atoms. The zero-order valence-corrected chi connectivity index (χ0v) is 10.3. The van der Waals surface area contributed by atoms with Crippen LogP contribution in [0.25, 0.3) is 0 Å². The molecule has 8 heteroatoms. The lowest BCUT2D eigenvalue weighted by molar-refractivity contribution is -0.149. The van der Waals surface area contributed by atoms with E-state index >= 15 is 0 Å². The highest BCUT2D eigenvalue weighted by molar-refractivity contribution is 7.90. The van der Waals surface area contributed by atoms with Crippen LogP contribution in [-0.2, 0) is 25.9 Å². The Morgan fingerprint density at radius 2 is 2.29 bits per heavy atom. The summed E-state index contributed by atoms with van der Waals surface area (Å²) in [6.45, 7) is 1.87. The van der Waals surface area contributed by atoms with E-state index in [1.807, 2.05) is 0 Å². The molecular formula is C9H14N2O5S. The van der Waals surface area contributed by atoms with Gasteiger partial charge in [0.05, 0.1) is 19.3 Å². The predicted octanol–water partition coefficient (Wildman–Crippen LogP) is -0.224. The largest absolute Gasteiger partial charge is 0.479 e. The molecule has 1 unspecified atom stereocenters. The molecule has 0 aromatic carbocycles. The monoisotopic (exact) mass is 262 g/mol. The van der Waals surface area contributed by atoms with E-state index in [-0.39, 0.29) is 11.5 Å². The fourth-order valence-corrected chi connectivity index (χ4v) is 1.60. The van der Waals surface area contributed by atoms with Gasteiger partial charge >= 0.3 is 5.97 Å². The maximum Gasteiger partial charge on any atom is 0.332 e. The Balaban J connectivity index is 2.49. The molecule has 1 rings (SSSR count). The fraction of sp³-hybridized carbons (Fsp3) is 0.556. The fourth-order valence-electron chi connectivity index (χ4n) is 1.05. The molecule has 0 aliphatic carbocycles. The predicted molar refractivity (Wildman–Crippen MR) is 58.4 cm³/mol. The quantitative estimate of drug-likeness (QED) is 0.760.